The number of likely N-dealkylation sites (tertiary alicyclic amines) is 1. The van der Waals surface area contributed by atoms with Crippen molar-refractivity contribution >= 4 is 11.6 Å². The van der Waals surface area contributed by atoms with Crippen molar-refractivity contribution in [1.29, 1.82) is 0 Å². The topological polar surface area (TPSA) is 61.8 Å². The third-order valence-electron chi connectivity index (χ3n) is 5.38. The molecule has 2 N–H and O–H groups in total. The summed E-state index contributed by atoms with van der Waals surface area (Å²) in [5.74, 6) is 0.0952. The van der Waals surface area contributed by atoms with Crippen LogP contribution in [0.2, 0.25) is 0 Å². The number of aromatic hydroxyl groups is 1. The average molecular weight is 368 g/mol. The number of nitrogens with one attached hydrogen (secondary N) is 1. The van der Waals surface area contributed by atoms with E-state index in [4.69, 9.17) is 4.74 Å². The van der Waals surface area contributed by atoms with E-state index in [1.54, 1.807) is 12.1 Å². The maximum Gasteiger partial charge on any atom is 0.255 e. The molecule has 2 aromatic carbocycles. The molecule has 5 nitrogen and oxygen atoms in total. The maximum absolute atomic E-state index is 12.6. The molecular formula is C22H28N2O3. The van der Waals surface area contributed by atoms with Gasteiger partial charge >= 0.3 is 0 Å². The van der Waals surface area contributed by atoms with E-state index in [-0.39, 0.29) is 17.4 Å². The number of amides is 1. The van der Waals surface area contributed by atoms with Crippen LogP contribution >= 0.6 is 0 Å². The fraction of sp³-hybridized carbons (Fsp3) is 0.409. The maximum atomic E-state index is 12.6. The lowest BCUT2D eigenvalue weighted by molar-refractivity contribution is 0.102. The molecule has 0 saturated carbocycles. The summed E-state index contributed by atoms with van der Waals surface area (Å²) < 4.78 is 5.09. The van der Waals surface area contributed by atoms with Gasteiger partial charge in [0.25, 0.3) is 5.91 Å². The zero-order chi connectivity index (χ0) is 19.2. The van der Waals surface area contributed by atoms with Crippen LogP contribution in [0.15, 0.2) is 42.5 Å². The van der Waals surface area contributed by atoms with Crippen molar-refractivity contribution in [3.63, 3.8) is 0 Å². The Kier molecular flexibility index (Phi) is 6.35. The normalized spacial score (nSPS) is 17.5. The Hall–Kier alpha value is -2.53. The number of ether oxygens (including phenoxy) is 1. The number of anilines is 1. The Morgan fingerprint density at radius 2 is 2.07 bits per heavy atom. The zero-order valence-electron chi connectivity index (χ0n) is 16.1. The van der Waals surface area contributed by atoms with Gasteiger partial charge in [0.15, 0.2) is 11.5 Å². The van der Waals surface area contributed by atoms with Crippen molar-refractivity contribution in [3.05, 3.63) is 53.6 Å². The third-order valence-corrected chi connectivity index (χ3v) is 5.38. The van der Waals surface area contributed by atoms with E-state index in [0.29, 0.717) is 11.6 Å². The number of hydrogen-bond acceptors (Lipinski definition) is 4. The van der Waals surface area contributed by atoms with Gasteiger partial charge in [-0.15, -0.1) is 0 Å². The summed E-state index contributed by atoms with van der Waals surface area (Å²) in [6.07, 6.45) is 5.87. The number of carbonyl (C=O) groups excluding carboxylic acids is 1. The first-order valence-electron chi connectivity index (χ1n) is 9.55. The van der Waals surface area contributed by atoms with E-state index in [9.17, 15) is 9.90 Å². The first-order chi connectivity index (χ1) is 13.1. The van der Waals surface area contributed by atoms with E-state index in [2.05, 4.69) is 23.3 Å². The number of aryl methyl sites for hydroxylation is 1. The predicted molar refractivity (Wildman–Crippen MR) is 108 cm³/mol. The lowest BCUT2D eigenvalue weighted by atomic mass is 9.96. The summed E-state index contributed by atoms with van der Waals surface area (Å²) >= 11 is 0. The summed E-state index contributed by atoms with van der Waals surface area (Å²) in [7, 11) is 3.67. The molecule has 1 atom stereocenters. The highest BCUT2D eigenvalue weighted by Crippen LogP contribution is 2.27. The number of benzene rings is 2. The van der Waals surface area contributed by atoms with Gasteiger partial charge in [0, 0.05) is 17.3 Å². The van der Waals surface area contributed by atoms with Crippen molar-refractivity contribution < 1.29 is 14.6 Å². The molecule has 3 rings (SSSR count). The molecule has 1 saturated heterocycles. The average Bonchev–Trinajstić information content (AvgIpc) is 2.68. The van der Waals surface area contributed by atoms with Crippen LogP contribution in [0.5, 0.6) is 11.5 Å². The molecule has 144 valence electrons. The van der Waals surface area contributed by atoms with Crippen LogP contribution in [-0.4, -0.2) is 42.7 Å². The second kappa shape index (κ2) is 8.91. The number of phenols is 1. The summed E-state index contributed by atoms with van der Waals surface area (Å²) in [5.41, 5.74) is 2.44. The molecule has 1 amide bonds. The van der Waals surface area contributed by atoms with Gasteiger partial charge in [-0.05, 0) is 69.1 Å². The molecule has 0 unspecified atom stereocenters. The number of phenolic OH excluding ortho intramolecular Hbond substituents is 1. The lowest BCUT2D eigenvalue weighted by Gasteiger charge is -2.32. The fourth-order valence-electron chi connectivity index (χ4n) is 3.70. The molecule has 0 spiro atoms. The van der Waals surface area contributed by atoms with Crippen molar-refractivity contribution in [1.82, 2.24) is 4.90 Å². The molecule has 1 fully saturated rings. The Morgan fingerprint density at radius 1 is 1.26 bits per heavy atom. The molecule has 1 aliphatic heterocycles. The van der Waals surface area contributed by atoms with Gasteiger partial charge < -0.3 is 20.1 Å². The SMILES string of the molecule is COc1cc(C(=O)Nc2ccccc2CC[C@H]2CCCCN2C)ccc1O. The van der Waals surface area contributed by atoms with Crippen LogP contribution in [0.25, 0.3) is 0 Å². The molecule has 0 aromatic heterocycles. The van der Waals surface area contributed by atoms with Gasteiger partial charge in [-0.3, -0.25) is 4.79 Å². The van der Waals surface area contributed by atoms with Crippen LogP contribution in [0.4, 0.5) is 5.69 Å². The van der Waals surface area contributed by atoms with Gasteiger partial charge in [-0.2, -0.15) is 0 Å². The van der Waals surface area contributed by atoms with E-state index in [0.717, 1.165) is 24.1 Å². The number of nitrogens with zero attached hydrogens (tertiary/aromatic N) is 1. The van der Waals surface area contributed by atoms with Gasteiger partial charge in [0.1, 0.15) is 0 Å². The second-order valence-electron chi connectivity index (χ2n) is 7.17. The fourth-order valence-corrected chi connectivity index (χ4v) is 3.70. The summed E-state index contributed by atoms with van der Waals surface area (Å²) in [6.45, 7) is 1.17. The summed E-state index contributed by atoms with van der Waals surface area (Å²) in [4.78, 5) is 15.1. The minimum Gasteiger partial charge on any atom is -0.504 e. The van der Waals surface area contributed by atoms with Gasteiger partial charge in [0.05, 0.1) is 7.11 Å². The molecule has 5 heteroatoms. The van der Waals surface area contributed by atoms with E-state index >= 15 is 0 Å². The quantitative estimate of drug-likeness (QED) is 0.807. The van der Waals surface area contributed by atoms with Gasteiger partial charge in [-0.1, -0.05) is 24.6 Å². The van der Waals surface area contributed by atoms with Gasteiger partial charge in [0.2, 0.25) is 0 Å². The summed E-state index contributed by atoms with van der Waals surface area (Å²) in [5, 5.41) is 12.7. The minimum absolute atomic E-state index is 0.0195. The Morgan fingerprint density at radius 3 is 2.85 bits per heavy atom. The van der Waals surface area contributed by atoms with Crippen LogP contribution in [0.1, 0.15) is 41.6 Å². The van der Waals surface area contributed by atoms with Crippen molar-refractivity contribution in [2.75, 3.05) is 26.0 Å². The minimum atomic E-state index is -0.212. The number of methoxy groups -OCH3 is 1. The number of hydrogen-bond donors (Lipinski definition) is 2. The molecular weight excluding hydrogens is 340 g/mol. The van der Waals surface area contributed by atoms with Crippen LogP contribution in [0.3, 0.4) is 0 Å². The molecule has 1 aliphatic rings. The van der Waals surface area contributed by atoms with Crippen molar-refractivity contribution in [2.45, 2.75) is 38.1 Å². The van der Waals surface area contributed by atoms with Crippen molar-refractivity contribution in [3.8, 4) is 11.5 Å². The van der Waals surface area contributed by atoms with E-state index in [1.807, 2.05) is 18.2 Å². The Bertz CT molecular complexity index is 791. The molecule has 0 radical (unpaired) electrons. The Labute approximate surface area is 161 Å². The number of rotatable bonds is 6. The molecule has 1 heterocycles. The highest BCUT2D eigenvalue weighted by molar-refractivity contribution is 6.05. The lowest BCUT2D eigenvalue weighted by Crippen LogP contribution is -2.36. The number of piperidine rings is 1. The van der Waals surface area contributed by atoms with Crippen molar-refractivity contribution in [2.24, 2.45) is 0 Å². The summed E-state index contributed by atoms with van der Waals surface area (Å²) in [6, 6.07) is 13.2. The predicted octanol–water partition coefficient (Wildman–Crippen LogP) is 4.07. The largest absolute Gasteiger partial charge is 0.504 e. The first kappa shape index (κ1) is 19.2. The number of carbonyl (C=O) groups is 1. The van der Waals surface area contributed by atoms with E-state index < -0.39 is 0 Å². The van der Waals surface area contributed by atoms with Crippen LogP contribution < -0.4 is 10.1 Å². The zero-order valence-corrected chi connectivity index (χ0v) is 16.1. The highest BCUT2D eigenvalue weighted by atomic mass is 16.5. The monoisotopic (exact) mass is 368 g/mol. The third kappa shape index (κ3) is 4.80. The first-order valence-corrected chi connectivity index (χ1v) is 9.55. The van der Waals surface area contributed by atoms with E-state index in [1.165, 1.54) is 39.0 Å². The smallest absolute Gasteiger partial charge is 0.255 e. The molecule has 27 heavy (non-hydrogen) atoms. The molecule has 2 aromatic rings. The standard InChI is InChI=1S/C22H28N2O3/c1-24-14-6-5-8-18(24)12-10-16-7-3-4-9-19(16)23-22(26)17-11-13-20(25)21(15-17)27-2/h3-4,7,9,11,13,15,18,25H,5-6,8,10,12,14H2,1-2H3,(H,23,26)/t18-/m1/s1. The Balaban J connectivity index is 1.69. The molecule has 0 aliphatic carbocycles. The van der Waals surface area contributed by atoms with Crippen LogP contribution in [0, 0.1) is 0 Å². The second-order valence-corrected chi connectivity index (χ2v) is 7.17. The van der Waals surface area contributed by atoms with Gasteiger partial charge in [-0.25, -0.2) is 0 Å². The number of para-hydroxylation sites is 1. The van der Waals surface area contributed by atoms with Crippen LogP contribution in [-0.2, 0) is 6.42 Å². The highest BCUT2D eigenvalue weighted by Gasteiger charge is 2.19. The molecule has 0 bridgehead atoms.